The monoisotopic (exact) mass is 268 g/mol. The molecule has 4 N–H and O–H groups in total. The summed E-state index contributed by atoms with van der Waals surface area (Å²) in [5, 5.41) is 3.11. The number of rotatable bonds is 2. The fourth-order valence-electron chi connectivity index (χ4n) is 2.98. The molecule has 0 aromatic heterocycles. The molecule has 3 amide bonds. The summed E-state index contributed by atoms with van der Waals surface area (Å²) in [5.41, 5.74) is 2.19. The first-order valence-corrected chi connectivity index (χ1v) is 7.26. The highest BCUT2D eigenvalue weighted by Crippen LogP contribution is 2.20. The predicted octanol–water partition coefficient (Wildman–Crippen LogP) is 0.731. The van der Waals surface area contributed by atoms with E-state index in [9.17, 15) is 9.59 Å². The fourth-order valence-corrected chi connectivity index (χ4v) is 2.98. The van der Waals surface area contributed by atoms with Gasteiger partial charge in [0.15, 0.2) is 0 Å². The number of amides is 3. The normalized spacial score (nSPS) is 22.1. The van der Waals surface area contributed by atoms with E-state index in [2.05, 4.69) is 10.7 Å². The second-order valence-corrected chi connectivity index (χ2v) is 5.55. The molecule has 1 heterocycles. The Morgan fingerprint density at radius 2 is 1.63 bits per heavy atom. The molecule has 1 aliphatic carbocycles. The number of hydrazine groups is 1. The number of hydrogen-bond donors (Lipinski definition) is 3. The van der Waals surface area contributed by atoms with Crippen molar-refractivity contribution >= 4 is 11.9 Å². The third-order valence-corrected chi connectivity index (χ3v) is 4.23. The predicted molar refractivity (Wildman–Crippen MR) is 72.0 cm³/mol. The van der Waals surface area contributed by atoms with Crippen molar-refractivity contribution in [3.8, 4) is 0 Å². The minimum absolute atomic E-state index is 0.0264. The van der Waals surface area contributed by atoms with Crippen LogP contribution in [0.2, 0.25) is 0 Å². The van der Waals surface area contributed by atoms with Crippen LogP contribution < -0.4 is 16.6 Å². The lowest BCUT2D eigenvalue weighted by Crippen LogP contribution is -2.50. The van der Waals surface area contributed by atoms with E-state index >= 15 is 0 Å². The Bertz CT molecular complexity index is 321. The Morgan fingerprint density at radius 1 is 1.00 bits per heavy atom. The molecule has 0 aromatic carbocycles. The lowest BCUT2D eigenvalue weighted by Gasteiger charge is -2.33. The van der Waals surface area contributed by atoms with Crippen molar-refractivity contribution in [2.75, 3.05) is 13.1 Å². The van der Waals surface area contributed by atoms with Crippen LogP contribution in [-0.4, -0.2) is 36.0 Å². The molecular formula is C13H24N4O2. The standard InChI is InChI=1S/C13H24N4O2/c14-16-12(18)10-6-8-17(9-7-10)13(19)15-11-4-2-1-3-5-11/h10-11H,1-9,14H2,(H,15,19)(H,16,18). The summed E-state index contributed by atoms with van der Waals surface area (Å²) < 4.78 is 0. The van der Waals surface area contributed by atoms with E-state index in [0.29, 0.717) is 32.0 Å². The average Bonchev–Trinajstić information content (AvgIpc) is 2.47. The molecule has 108 valence electrons. The molecule has 2 rings (SSSR count). The highest BCUT2D eigenvalue weighted by Gasteiger charge is 2.27. The van der Waals surface area contributed by atoms with Gasteiger partial charge in [0.25, 0.3) is 0 Å². The molecular weight excluding hydrogens is 244 g/mol. The van der Waals surface area contributed by atoms with Crippen LogP contribution in [0.5, 0.6) is 0 Å². The number of hydrogen-bond acceptors (Lipinski definition) is 3. The third kappa shape index (κ3) is 3.83. The molecule has 0 bridgehead atoms. The molecule has 1 aliphatic heterocycles. The van der Waals surface area contributed by atoms with E-state index in [-0.39, 0.29) is 17.9 Å². The van der Waals surface area contributed by atoms with Crippen molar-refractivity contribution < 1.29 is 9.59 Å². The van der Waals surface area contributed by atoms with E-state index in [1.807, 2.05) is 4.90 Å². The summed E-state index contributed by atoms with van der Waals surface area (Å²) in [6, 6.07) is 0.366. The van der Waals surface area contributed by atoms with Gasteiger partial charge >= 0.3 is 6.03 Å². The van der Waals surface area contributed by atoms with Crippen molar-refractivity contribution in [3.05, 3.63) is 0 Å². The molecule has 0 atom stereocenters. The number of likely N-dealkylation sites (tertiary alicyclic amines) is 1. The number of carbonyl (C=O) groups is 2. The van der Waals surface area contributed by atoms with E-state index in [1.54, 1.807) is 0 Å². The number of nitrogens with two attached hydrogens (primary N) is 1. The van der Waals surface area contributed by atoms with E-state index in [0.717, 1.165) is 12.8 Å². The maximum Gasteiger partial charge on any atom is 0.317 e. The largest absolute Gasteiger partial charge is 0.335 e. The first kappa shape index (κ1) is 14.1. The minimum Gasteiger partial charge on any atom is -0.335 e. The topological polar surface area (TPSA) is 87.5 Å². The van der Waals surface area contributed by atoms with Gasteiger partial charge in [0.1, 0.15) is 0 Å². The van der Waals surface area contributed by atoms with Crippen LogP contribution in [0, 0.1) is 5.92 Å². The molecule has 1 saturated heterocycles. The first-order valence-electron chi connectivity index (χ1n) is 7.26. The molecule has 1 saturated carbocycles. The zero-order chi connectivity index (χ0) is 13.7. The molecule has 0 unspecified atom stereocenters. The Morgan fingerprint density at radius 3 is 2.21 bits per heavy atom. The van der Waals surface area contributed by atoms with Gasteiger partial charge in [0.05, 0.1) is 0 Å². The SMILES string of the molecule is NNC(=O)C1CCN(C(=O)NC2CCCCC2)CC1. The summed E-state index contributed by atoms with van der Waals surface area (Å²) in [6.45, 7) is 1.27. The highest BCUT2D eigenvalue weighted by atomic mass is 16.2. The number of nitrogens with one attached hydrogen (secondary N) is 2. The zero-order valence-electron chi connectivity index (χ0n) is 11.4. The maximum atomic E-state index is 12.1. The lowest BCUT2D eigenvalue weighted by atomic mass is 9.95. The molecule has 6 heteroatoms. The molecule has 0 aromatic rings. The average molecular weight is 268 g/mol. The molecule has 0 radical (unpaired) electrons. The van der Waals surface area contributed by atoms with Gasteiger partial charge in [-0.05, 0) is 25.7 Å². The number of piperidine rings is 1. The van der Waals surface area contributed by atoms with Crippen molar-refractivity contribution in [1.82, 2.24) is 15.6 Å². The van der Waals surface area contributed by atoms with Crippen LogP contribution in [0.15, 0.2) is 0 Å². The maximum absolute atomic E-state index is 12.1. The van der Waals surface area contributed by atoms with Crippen LogP contribution in [0.4, 0.5) is 4.79 Å². The molecule has 6 nitrogen and oxygen atoms in total. The second-order valence-electron chi connectivity index (χ2n) is 5.55. The van der Waals surface area contributed by atoms with E-state index in [1.165, 1.54) is 19.3 Å². The van der Waals surface area contributed by atoms with Gasteiger partial charge in [-0.1, -0.05) is 19.3 Å². The summed E-state index contributed by atoms with van der Waals surface area (Å²) in [5.74, 6) is 4.96. The number of urea groups is 1. The van der Waals surface area contributed by atoms with Crippen LogP contribution in [0.25, 0.3) is 0 Å². The van der Waals surface area contributed by atoms with Crippen LogP contribution in [0.3, 0.4) is 0 Å². The number of nitrogens with zero attached hydrogens (tertiary/aromatic N) is 1. The summed E-state index contributed by atoms with van der Waals surface area (Å²) in [6.07, 6.45) is 7.29. The van der Waals surface area contributed by atoms with Gasteiger partial charge in [-0.15, -0.1) is 0 Å². The molecule has 2 aliphatic rings. The Balaban J connectivity index is 1.74. The van der Waals surface area contributed by atoms with Gasteiger partial charge in [0, 0.05) is 25.0 Å². The van der Waals surface area contributed by atoms with Gasteiger partial charge in [-0.3, -0.25) is 10.2 Å². The fraction of sp³-hybridized carbons (Fsp3) is 0.846. The van der Waals surface area contributed by atoms with Gasteiger partial charge < -0.3 is 10.2 Å². The Labute approximate surface area is 114 Å². The smallest absolute Gasteiger partial charge is 0.317 e. The summed E-state index contributed by atoms with van der Waals surface area (Å²) in [7, 11) is 0. The highest BCUT2D eigenvalue weighted by molar-refractivity contribution is 5.79. The van der Waals surface area contributed by atoms with Crippen LogP contribution >= 0.6 is 0 Å². The summed E-state index contributed by atoms with van der Waals surface area (Å²) >= 11 is 0. The van der Waals surface area contributed by atoms with Gasteiger partial charge in [-0.25, -0.2) is 10.6 Å². The Hall–Kier alpha value is -1.30. The first-order chi connectivity index (χ1) is 9.20. The number of carbonyl (C=O) groups excluding carboxylic acids is 2. The molecule has 19 heavy (non-hydrogen) atoms. The zero-order valence-corrected chi connectivity index (χ0v) is 11.4. The third-order valence-electron chi connectivity index (χ3n) is 4.23. The van der Waals surface area contributed by atoms with Crippen LogP contribution in [0.1, 0.15) is 44.9 Å². The minimum atomic E-state index is -0.118. The lowest BCUT2D eigenvalue weighted by molar-refractivity contribution is -0.126. The molecule has 0 spiro atoms. The summed E-state index contributed by atoms with van der Waals surface area (Å²) in [4.78, 5) is 25.3. The van der Waals surface area contributed by atoms with Crippen molar-refractivity contribution in [3.63, 3.8) is 0 Å². The quantitative estimate of drug-likeness (QED) is 0.392. The Kier molecular flexibility index (Phi) is 5.01. The van der Waals surface area contributed by atoms with Gasteiger partial charge in [-0.2, -0.15) is 0 Å². The second kappa shape index (κ2) is 6.75. The van der Waals surface area contributed by atoms with Crippen molar-refractivity contribution in [2.24, 2.45) is 11.8 Å². The van der Waals surface area contributed by atoms with Crippen LogP contribution in [-0.2, 0) is 4.79 Å². The molecule has 2 fully saturated rings. The van der Waals surface area contributed by atoms with Crippen molar-refractivity contribution in [2.45, 2.75) is 51.0 Å². The van der Waals surface area contributed by atoms with E-state index < -0.39 is 0 Å². The van der Waals surface area contributed by atoms with E-state index in [4.69, 9.17) is 5.84 Å². The van der Waals surface area contributed by atoms with Gasteiger partial charge in [0.2, 0.25) is 5.91 Å². The van der Waals surface area contributed by atoms with Crippen molar-refractivity contribution in [1.29, 1.82) is 0 Å².